The Morgan fingerprint density at radius 2 is 2.06 bits per heavy atom. The summed E-state index contributed by atoms with van der Waals surface area (Å²) in [6, 6.07) is 4.92. The Hall–Kier alpha value is -1.56. The predicted octanol–water partition coefficient (Wildman–Crippen LogP) is 1.63. The average Bonchev–Trinajstić information content (AvgIpc) is 2.22. The number of nitrogens with one attached hydrogen (secondary N) is 1. The molecule has 0 atom stereocenters. The minimum Gasteiger partial charge on any atom is -0.481 e. The summed E-state index contributed by atoms with van der Waals surface area (Å²) in [5, 5.41) is 11.1. The van der Waals surface area contributed by atoms with Gasteiger partial charge in [-0.25, -0.2) is 0 Å². The van der Waals surface area contributed by atoms with Gasteiger partial charge in [0.25, 0.3) is 5.91 Å². The zero-order valence-electron chi connectivity index (χ0n) is 9.07. The van der Waals surface area contributed by atoms with E-state index in [1.165, 1.54) is 0 Å². The molecule has 0 saturated heterocycles. The molecule has 0 spiro atoms. The summed E-state index contributed by atoms with van der Waals surface area (Å²) in [5.74, 6) is -1.13. The van der Waals surface area contributed by atoms with Crippen molar-refractivity contribution in [1.29, 1.82) is 0 Å². The first kappa shape index (κ1) is 13.5. The van der Waals surface area contributed by atoms with Gasteiger partial charge in [-0.1, -0.05) is 15.9 Å². The number of carbonyl (C=O) groups excluding carboxylic acids is 1. The van der Waals surface area contributed by atoms with Crippen LogP contribution in [0.25, 0.3) is 0 Å². The second-order valence-electron chi connectivity index (χ2n) is 3.53. The predicted molar refractivity (Wildman–Crippen MR) is 67.8 cm³/mol. The van der Waals surface area contributed by atoms with Crippen LogP contribution in [-0.2, 0) is 4.79 Å². The van der Waals surface area contributed by atoms with Crippen LogP contribution >= 0.6 is 15.9 Å². The molecule has 0 heterocycles. The molecule has 1 rings (SSSR count). The first-order valence-electron chi connectivity index (χ1n) is 5.05. The van der Waals surface area contributed by atoms with Crippen molar-refractivity contribution < 1.29 is 14.7 Å². The Morgan fingerprint density at radius 1 is 1.35 bits per heavy atom. The van der Waals surface area contributed by atoms with E-state index in [-0.39, 0.29) is 12.3 Å². The number of amides is 1. The van der Waals surface area contributed by atoms with E-state index in [0.717, 1.165) is 4.47 Å². The lowest BCUT2D eigenvalue weighted by molar-refractivity contribution is -0.137. The molecule has 4 N–H and O–H groups in total. The van der Waals surface area contributed by atoms with Crippen LogP contribution in [0.4, 0.5) is 5.69 Å². The molecule has 0 saturated carbocycles. The highest BCUT2D eigenvalue weighted by atomic mass is 79.9. The van der Waals surface area contributed by atoms with E-state index in [0.29, 0.717) is 24.2 Å². The van der Waals surface area contributed by atoms with Gasteiger partial charge < -0.3 is 16.2 Å². The van der Waals surface area contributed by atoms with Gasteiger partial charge in [0, 0.05) is 28.7 Å². The summed E-state index contributed by atoms with van der Waals surface area (Å²) in [4.78, 5) is 21.9. The largest absolute Gasteiger partial charge is 0.481 e. The first-order valence-corrected chi connectivity index (χ1v) is 5.84. The number of carbonyl (C=O) groups is 2. The van der Waals surface area contributed by atoms with E-state index >= 15 is 0 Å². The molecule has 1 amide bonds. The van der Waals surface area contributed by atoms with E-state index in [1.54, 1.807) is 18.2 Å². The molecular weight excluding hydrogens is 288 g/mol. The Morgan fingerprint density at radius 3 is 2.65 bits per heavy atom. The number of halogens is 1. The van der Waals surface area contributed by atoms with E-state index in [4.69, 9.17) is 10.8 Å². The topological polar surface area (TPSA) is 92.4 Å². The van der Waals surface area contributed by atoms with Crippen molar-refractivity contribution in [3.63, 3.8) is 0 Å². The van der Waals surface area contributed by atoms with Gasteiger partial charge in [0.1, 0.15) is 0 Å². The van der Waals surface area contributed by atoms with Gasteiger partial charge in [0.2, 0.25) is 0 Å². The third kappa shape index (κ3) is 4.86. The number of carboxylic acid groups (broad SMARTS) is 1. The number of anilines is 1. The minimum absolute atomic E-state index is 0.0426. The lowest BCUT2D eigenvalue weighted by atomic mass is 10.2. The van der Waals surface area contributed by atoms with E-state index in [2.05, 4.69) is 21.2 Å². The lowest BCUT2D eigenvalue weighted by Crippen LogP contribution is -2.25. The van der Waals surface area contributed by atoms with Crippen LogP contribution in [0.1, 0.15) is 23.2 Å². The molecule has 0 aliphatic carbocycles. The molecule has 0 unspecified atom stereocenters. The lowest BCUT2D eigenvalue weighted by Gasteiger charge is -2.05. The van der Waals surface area contributed by atoms with E-state index < -0.39 is 5.97 Å². The van der Waals surface area contributed by atoms with Gasteiger partial charge in [-0.2, -0.15) is 0 Å². The molecule has 0 aromatic heterocycles. The number of nitrogens with two attached hydrogens (primary N) is 1. The van der Waals surface area contributed by atoms with Crippen molar-refractivity contribution in [2.24, 2.45) is 0 Å². The Bertz CT molecular complexity index is 414. The van der Waals surface area contributed by atoms with Crippen molar-refractivity contribution in [2.75, 3.05) is 12.3 Å². The highest BCUT2D eigenvalue weighted by Gasteiger charge is 2.07. The number of rotatable bonds is 5. The van der Waals surface area contributed by atoms with Gasteiger partial charge in [-0.3, -0.25) is 9.59 Å². The second-order valence-corrected chi connectivity index (χ2v) is 4.44. The molecule has 0 aliphatic rings. The summed E-state index contributed by atoms with van der Waals surface area (Å²) in [6.45, 7) is 0.331. The molecule has 1 aromatic carbocycles. The molecule has 0 aliphatic heterocycles. The number of hydrogen-bond acceptors (Lipinski definition) is 3. The van der Waals surface area contributed by atoms with Crippen LogP contribution < -0.4 is 11.1 Å². The Kier molecular flexibility index (Phi) is 4.96. The highest BCUT2D eigenvalue weighted by molar-refractivity contribution is 9.10. The monoisotopic (exact) mass is 300 g/mol. The van der Waals surface area contributed by atoms with Gasteiger partial charge in [-0.05, 0) is 24.6 Å². The molecule has 5 nitrogen and oxygen atoms in total. The van der Waals surface area contributed by atoms with E-state index in [1.807, 2.05) is 0 Å². The van der Waals surface area contributed by atoms with Crippen molar-refractivity contribution in [1.82, 2.24) is 5.32 Å². The maximum atomic E-state index is 11.7. The molecule has 92 valence electrons. The summed E-state index contributed by atoms with van der Waals surface area (Å²) >= 11 is 3.24. The zero-order valence-corrected chi connectivity index (χ0v) is 10.7. The van der Waals surface area contributed by atoms with Crippen LogP contribution in [0.15, 0.2) is 22.7 Å². The molecule has 0 bridgehead atoms. The van der Waals surface area contributed by atoms with Gasteiger partial charge in [0.05, 0.1) is 0 Å². The maximum absolute atomic E-state index is 11.7. The van der Waals surface area contributed by atoms with Crippen LogP contribution in [0.3, 0.4) is 0 Å². The fraction of sp³-hybridized carbons (Fsp3) is 0.273. The minimum atomic E-state index is -0.869. The smallest absolute Gasteiger partial charge is 0.303 e. The second kappa shape index (κ2) is 6.24. The molecule has 6 heteroatoms. The van der Waals surface area contributed by atoms with Gasteiger partial charge in [-0.15, -0.1) is 0 Å². The fourth-order valence-electron chi connectivity index (χ4n) is 1.29. The Balaban J connectivity index is 2.49. The van der Waals surface area contributed by atoms with Crippen LogP contribution in [0.2, 0.25) is 0 Å². The van der Waals surface area contributed by atoms with Crippen molar-refractivity contribution in [3.8, 4) is 0 Å². The number of aliphatic carboxylic acids is 1. The number of carboxylic acids is 1. The maximum Gasteiger partial charge on any atom is 0.303 e. The fourth-order valence-corrected chi connectivity index (χ4v) is 1.80. The molecule has 17 heavy (non-hydrogen) atoms. The molecular formula is C11H13BrN2O3. The number of hydrogen-bond donors (Lipinski definition) is 3. The zero-order chi connectivity index (χ0) is 12.8. The third-order valence-corrected chi connectivity index (χ3v) is 2.49. The van der Waals surface area contributed by atoms with Crippen molar-refractivity contribution >= 4 is 33.5 Å². The van der Waals surface area contributed by atoms with Crippen LogP contribution in [-0.4, -0.2) is 23.5 Å². The molecule has 0 fully saturated rings. The normalized spacial score (nSPS) is 9.94. The quantitative estimate of drug-likeness (QED) is 0.569. The standard InChI is InChI=1S/C11H13BrN2O3/c12-8-4-7(5-9(13)6-8)11(17)14-3-1-2-10(15)16/h4-6H,1-3,13H2,(H,14,17)(H,15,16). The SMILES string of the molecule is Nc1cc(Br)cc(C(=O)NCCCC(=O)O)c1. The summed E-state index contributed by atoms with van der Waals surface area (Å²) in [6.07, 6.45) is 0.450. The van der Waals surface area contributed by atoms with Crippen LogP contribution in [0, 0.1) is 0 Å². The summed E-state index contributed by atoms with van der Waals surface area (Å²) < 4.78 is 0.730. The van der Waals surface area contributed by atoms with Gasteiger partial charge in [0.15, 0.2) is 0 Å². The molecule has 0 radical (unpaired) electrons. The first-order chi connectivity index (χ1) is 7.99. The van der Waals surface area contributed by atoms with Crippen molar-refractivity contribution in [3.05, 3.63) is 28.2 Å². The van der Waals surface area contributed by atoms with Gasteiger partial charge >= 0.3 is 5.97 Å². The molecule has 1 aromatic rings. The number of benzene rings is 1. The van der Waals surface area contributed by atoms with Crippen LogP contribution in [0.5, 0.6) is 0 Å². The van der Waals surface area contributed by atoms with E-state index in [9.17, 15) is 9.59 Å². The Labute approximate surface area is 107 Å². The van der Waals surface area contributed by atoms with Crippen molar-refractivity contribution in [2.45, 2.75) is 12.8 Å². The summed E-state index contributed by atoms with van der Waals surface area (Å²) in [7, 11) is 0. The highest BCUT2D eigenvalue weighted by Crippen LogP contribution is 2.17. The third-order valence-electron chi connectivity index (χ3n) is 2.04. The number of nitrogen functional groups attached to an aromatic ring is 1. The summed E-state index contributed by atoms with van der Waals surface area (Å²) in [5.41, 5.74) is 6.55. The average molecular weight is 301 g/mol.